The number of carbonyl (C=O) groups is 2. The lowest BCUT2D eigenvalue weighted by Gasteiger charge is -2.16. The van der Waals surface area contributed by atoms with E-state index in [4.69, 9.17) is 11.6 Å². The van der Waals surface area contributed by atoms with Crippen molar-refractivity contribution >= 4 is 34.7 Å². The first-order chi connectivity index (χ1) is 14.8. The summed E-state index contributed by atoms with van der Waals surface area (Å²) in [6, 6.07) is 20.9. The van der Waals surface area contributed by atoms with Crippen molar-refractivity contribution in [2.24, 2.45) is 0 Å². The van der Waals surface area contributed by atoms with Crippen LogP contribution in [0.1, 0.15) is 27.8 Å². The van der Waals surface area contributed by atoms with Crippen LogP contribution in [-0.2, 0) is 16.1 Å². The van der Waals surface area contributed by atoms with E-state index in [1.54, 1.807) is 6.07 Å². The Morgan fingerprint density at radius 1 is 0.806 bits per heavy atom. The third-order valence-corrected chi connectivity index (χ3v) is 5.65. The molecule has 2 amide bonds. The SMILES string of the molecule is Cc1ccc(CN2C(=O)C(Nc3ccc(Cl)cc3C)=C(c3ccc(C)cc3)C2=O)cc1. The van der Waals surface area contributed by atoms with Crippen LogP contribution in [-0.4, -0.2) is 16.7 Å². The molecule has 1 aliphatic rings. The molecule has 0 saturated carbocycles. The maximum Gasteiger partial charge on any atom is 0.278 e. The Kier molecular flexibility index (Phi) is 5.66. The summed E-state index contributed by atoms with van der Waals surface area (Å²) in [5, 5.41) is 3.83. The van der Waals surface area contributed by atoms with Crippen molar-refractivity contribution in [2.45, 2.75) is 27.3 Å². The predicted molar refractivity (Wildman–Crippen MR) is 125 cm³/mol. The average molecular weight is 431 g/mol. The number of hydrogen-bond acceptors (Lipinski definition) is 3. The molecule has 1 heterocycles. The van der Waals surface area contributed by atoms with E-state index in [1.165, 1.54) is 4.90 Å². The molecule has 0 radical (unpaired) electrons. The summed E-state index contributed by atoms with van der Waals surface area (Å²) in [6.07, 6.45) is 0. The van der Waals surface area contributed by atoms with Gasteiger partial charge in [-0.25, -0.2) is 0 Å². The van der Waals surface area contributed by atoms with Gasteiger partial charge in [-0.3, -0.25) is 14.5 Å². The number of nitrogens with zero attached hydrogens (tertiary/aromatic N) is 1. The van der Waals surface area contributed by atoms with Crippen LogP contribution in [0, 0.1) is 20.8 Å². The van der Waals surface area contributed by atoms with Crippen LogP contribution in [0.25, 0.3) is 5.57 Å². The molecule has 0 saturated heterocycles. The smallest absolute Gasteiger partial charge is 0.278 e. The largest absolute Gasteiger partial charge is 0.350 e. The summed E-state index contributed by atoms with van der Waals surface area (Å²) in [4.78, 5) is 28.1. The molecule has 0 atom stereocenters. The zero-order valence-electron chi connectivity index (χ0n) is 17.7. The predicted octanol–water partition coefficient (Wildman–Crippen LogP) is 5.66. The number of nitrogens with one attached hydrogen (secondary N) is 1. The van der Waals surface area contributed by atoms with Gasteiger partial charge in [-0.15, -0.1) is 0 Å². The first-order valence-corrected chi connectivity index (χ1v) is 10.5. The van der Waals surface area contributed by atoms with Crippen molar-refractivity contribution in [3.8, 4) is 0 Å². The lowest BCUT2D eigenvalue weighted by Crippen LogP contribution is -2.32. The van der Waals surface area contributed by atoms with E-state index >= 15 is 0 Å². The van der Waals surface area contributed by atoms with Gasteiger partial charge in [0.25, 0.3) is 11.8 Å². The number of anilines is 1. The Hall–Kier alpha value is -3.37. The molecule has 1 aliphatic heterocycles. The standard InChI is InChI=1S/C26H23ClN2O2/c1-16-4-8-19(9-5-16)15-29-25(30)23(20-10-6-17(2)7-11-20)24(26(29)31)28-22-13-12-21(27)14-18(22)3/h4-14,28H,15H2,1-3H3. The summed E-state index contributed by atoms with van der Waals surface area (Å²) in [7, 11) is 0. The molecule has 0 aromatic heterocycles. The maximum absolute atomic E-state index is 13.4. The lowest BCUT2D eigenvalue weighted by molar-refractivity contribution is -0.137. The number of halogens is 1. The first kappa shape index (κ1) is 20.9. The van der Waals surface area contributed by atoms with E-state index in [0.29, 0.717) is 16.2 Å². The summed E-state index contributed by atoms with van der Waals surface area (Å²) in [5.41, 5.74) is 6.12. The van der Waals surface area contributed by atoms with Crippen molar-refractivity contribution in [2.75, 3.05) is 5.32 Å². The van der Waals surface area contributed by atoms with Gasteiger partial charge in [-0.1, -0.05) is 71.3 Å². The Morgan fingerprint density at radius 3 is 2.03 bits per heavy atom. The molecule has 3 aromatic rings. The highest BCUT2D eigenvalue weighted by atomic mass is 35.5. The van der Waals surface area contributed by atoms with Crippen LogP contribution >= 0.6 is 11.6 Å². The molecule has 1 N–H and O–H groups in total. The number of amides is 2. The second kappa shape index (κ2) is 8.40. The molecule has 0 unspecified atom stereocenters. The molecule has 4 rings (SSSR count). The zero-order valence-corrected chi connectivity index (χ0v) is 18.5. The van der Waals surface area contributed by atoms with E-state index in [1.807, 2.05) is 81.4 Å². The summed E-state index contributed by atoms with van der Waals surface area (Å²) in [5.74, 6) is -0.640. The van der Waals surface area contributed by atoms with Gasteiger partial charge in [0.05, 0.1) is 12.1 Å². The van der Waals surface area contributed by atoms with Crippen LogP contribution < -0.4 is 5.32 Å². The highest BCUT2D eigenvalue weighted by Crippen LogP contribution is 2.33. The van der Waals surface area contributed by atoms with Crippen LogP contribution in [0.3, 0.4) is 0 Å². The van der Waals surface area contributed by atoms with E-state index in [-0.39, 0.29) is 24.1 Å². The molecule has 3 aromatic carbocycles. The molecular weight excluding hydrogens is 408 g/mol. The van der Waals surface area contributed by atoms with Gasteiger partial charge in [0, 0.05) is 10.7 Å². The van der Waals surface area contributed by atoms with Gasteiger partial charge in [0.1, 0.15) is 5.70 Å². The number of aryl methyl sites for hydroxylation is 3. The van der Waals surface area contributed by atoms with Crippen molar-refractivity contribution < 1.29 is 9.59 Å². The highest BCUT2D eigenvalue weighted by molar-refractivity contribution is 6.36. The molecule has 0 spiro atoms. The summed E-state index contributed by atoms with van der Waals surface area (Å²) >= 11 is 6.08. The normalized spacial score (nSPS) is 13.9. The summed E-state index contributed by atoms with van der Waals surface area (Å²) < 4.78 is 0. The number of rotatable bonds is 5. The summed E-state index contributed by atoms with van der Waals surface area (Å²) in [6.45, 7) is 6.12. The van der Waals surface area contributed by atoms with Gasteiger partial charge in [-0.2, -0.15) is 0 Å². The molecule has 31 heavy (non-hydrogen) atoms. The zero-order chi connectivity index (χ0) is 22.1. The molecule has 0 aliphatic carbocycles. The first-order valence-electron chi connectivity index (χ1n) is 10.1. The maximum atomic E-state index is 13.4. The Morgan fingerprint density at radius 2 is 1.42 bits per heavy atom. The Balaban J connectivity index is 1.75. The number of benzene rings is 3. The van der Waals surface area contributed by atoms with Gasteiger partial charge >= 0.3 is 0 Å². The van der Waals surface area contributed by atoms with Crippen LogP contribution in [0.15, 0.2) is 72.4 Å². The third kappa shape index (κ3) is 4.25. The van der Waals surface area contributed by atoms with Gasteiger partial charge in [0.2, 0.25) is 0 Å². The minimum atomic E-state index is -0.338. The monoisotopic (exact) mass is 430 g/mol. The van der Waals surface area contributed by atoms with Crippen LogP contribution in [0.4, 0.5) is 5.69 Å². The Bertz CT molecular complexity index is 1200. The molecule has 0 fully saturated rings. The molecule has 4 nitrogen and oxygen atoms in total. The number of imide groups is 1. The van der Waals surface area contributed by atoms with Gasteiger partial charge in [0.15, 0.2) is 0 Å². The van der Waals surface area contributed by atoms with Crippen molar-refractivity contribution in [1.29, 1.82) is 0 Å². The highest BCUT2D eigenvalue weighted by Gasteiger charge is 2.39. The van der Waals surface area contributed by atoms with Crippen molar-refractivity contribution in [3.05, 3.63) is 105 Å². The molecule has 0 bridgehead atoms. The molecular formula is C26H23ClN2O2. The molecule has 156 valence electrons. The molecule has 5 heteroatoms. The second-order valence-electron chi connectivity index (χ2n) is 7.88. The minimum absolute atomic E-state index is 0.220. The fourth-order valence-corrected chi connectivity index (χ4v) is 3.83. The van der Waals surface area contributed by atoms with E-state index < -0.39 is 0 Å². The van der Waals surface area contributed by atoms with Crippen molar-refractivity contribution in [1.82, 2.24) is 4.90 Å². The second-order valence-corrected chi connectivity index (χ2v) is 8.32. The van der Waals surface area contributed by atoms with Gasteiger partial charge < -0.3 is 5.32 Å². The lowest BCUT2D eigenvalue weighted by atomic mass is 10.0. The third-order valence-electron chi connectivity index (χ3n) is 5.42. The fourth-order valence-electron chi connectivity index (χ4n) is 3.60. The van der Waals surface area contributed by atoms with Gasteiger partial charge in [-0.05, 0) is 55.7 Å². The van der Waals surface area contributed by atoms with Crippen molar-refractivity contribution in [3.63, 3.8) is 0 Å². The van der Waals surface area contributed by atoms with Crippen LogP contribution in [0.5, 0.6) is 0 Å². The average Bonchev–Trinajstić information content (AvgIpc) is 2.96. The topological polar surface area (TPSA) is 49.4 Å². The Labute approximate surface area is 187 Å². The quantitative estimate of drug-likeness (QED) is 0.531. The number of carbonyl (C=O) groups excluding carboxylic acids is 2. The fraction of sp³-hybridized carbons (Fsp3) is 0.154. The van der Waals surface area contributed by atoms with E-state index in [9.17, 15) is 9.59 Å². The number of hydrogen-bond donors (Lipinski definition) is 1. The van der Waals surface area contributed by atoms with E-state index in [2.05, 4.69) is 5.32 Å². The van der Waals surface area contributed by atoms with E-state index in [0.717, 1.165) is 27.9 Å². The van der Waals surface area contributed by atoms with Crippen LogP contribution in [0.2, 0.25) is 5.02 Å². The minimum Gasteiger partial charge on any atom is -0.350 e.